The van der Waals surface area contributed by atoms with Gasteiger partial charge in [0.2, 0.25) is 0 Å². The van der Waals surface area contributed by atoms with Crippen LogP contribution in [-0.4, -0.2) is 32.3 Å². The van der Waals surface area contributed by atoms with Gasteiger partial charge in [-0.25, -0.2) is 9.48 Å². The van der Waals surface area contributed by atoms with Gasteiger partial charge in [0.25, 0.3) is 11.5 Å². The molecule has 8 heteroatoms. The summed E-state index contributed by atoms with van der Waals surface area (Å²) in [5, 5.41) is 2.58. The monoisotopic (exact) mass is 380 g/mol. The maximum atomic E-state index is 12.8. The second-order valence-electron chi connectivity index (χ2n) is 6.22. The minimum absolute atomic E-state index is 0.139. The molecule has 1 atom stereocenters. The highest BCUT2D eigenvalue weighted by Crippen LogP contribution is 2.14. The predicted octanol–water partition coefficient (Wildman–Crippen LogP) is 2.06. The summed E-state index contributed by atoms with van der Waals surface area (Å²) in [7, 11) is 1.73. The van der Waals surface area contributed by atoms with Crippen molar-refractivity contribution in [3.05, 3.63) is 76.5 Å². The van der Waals surface area contributed by atoms with Crippen LogP contribution in [0.3, 0.4) is 0 Å². The lowest BCUT2D eigenvalue weighted by atomic mass is 10.3. The molecule has 0 fully saturated rings. The lowest BCUT2D eigenvalue weighted by molar-refractivity contribution is -0.123. The summed E-state index contributed by atoms with van der Waals surface area (Å²) in [6.07, 6.45) is 1.80. The van der Waals surface area contributed by atoms with Crippen molar-refractivity contribution in [2.24, 2.45) is 7.05 Å². The molecule has 0 saturated carbocycles. The van der Waals surface area contributed by atoms with Gasteiger partial charge in [-0.05, 0) is 38.1 Å². The van der Waals surface area contributed by atoms with Crippen molar-refractivity contribution in [1.29, 1.82) is 0 Å². The van der Waals surface area contributed by atoms with Crippen molar-refractivity contribution in [3.63, 3.8) is 0 Å². The second kappa shape index (κ2) is 7.91. The molecule has 8 nitrogen and oxygen atoms in total. The number of carbonyl (C=O) groups is 2. The third-order valence-corrected chi connectivity index (χ3v) is 4.35. The highest BCUT2D eigenvalue weighted by molar-refractivity contribution is 5.97. The number of rotatable bonds is 5. The standard InChI is InChI=1S/C20H20N4O4/c1-13-17(19(26)24(23(13)3)16-9-5-4-6-10-16)22-18(25)14(2)28-20(27)15-8-7-11-21-12-15/h4-12,14H,1-3H3,(H,22,25)/t14-/m1/s1. The molecule has 28 heavy (non-hydrogen) atoms. The Balaban J connectivity index is 1.79. The summed E-state index contributed by atoms with van der Waals surface area (Å²) in [6.45, 7) is 3.17. The Morgan fingerprint density at radius 3 is 2.50 bits per heavy atom. The van der Waals surface area contributed by atoms with Gasteiger partial charge in [-0.2, -0.15) is 0 Å². The molecule has 2 aromatic heterocycles. The molecule has 0 aliphatic carbocycles. The van der Waals surface area contributed by atoms with Crippen molar-refractivity contribution in [2.75, 3.05) is 5.32 Å². The van der Waals surface area contributed by atoms with Gasteiger partial charge in [-0.15, -0.1) is 0 Å². The normalized spacial score (nSPS) is 11.7. The van der Waals surface area contributed by atoms with E-state index in [2.05, 4.69) is 10.3 Å². The van der Waals surface area contributed by atoms with Gasteiger partial charge in [0, 0.05) is 19.4 Å². The fourth-order valence-electron chi connectivity index (χ4n) is 2.70. The Bertz CT molecular complexity index is 1060. The lowest BCUT2D eigenvalue weighted by Crippen LogP contribution is -2.32. The molecule has 0 unspecified atom stereocenters. The van der Waals surface area contributed by atoms with Gasteiger partial charge >= 0.3 is 5.97 Å². The molecule has 3 rings (SSSR count). The third kappa shape index (κ3) is 3.71. The molecule has 0 radical (unpaired) electrons. The molecule has 0 spiro atoms. The van der Waals surface area contributed by atoms with Crippen LogP contribution in [0.4, 0.5) is 5.69 Å². The van der Waals surface area contributed by atoms with Crippen LogP contribution in [0.15, 0.2) is 59.7 Å². The van der Waals surface area contributed by atoms with Gasteiger partial charge in [0.05, 0.1) is 16.9 Å². The molecule has 3 aromatic rings. The topological polar surface area (TPSA) is 95.2 Å². The maximum absolute atomic E-state index is 12.8. The van der Waals surface area contributed by atoms with Crippen LogP contribution in [0.5, 0.6) is 0 Å². The Morgan fingerprint density at radius 2 is 1.86 bits per heavy atom. The SMILES string of the molecule is Cc1c(NC(=O)[C@@H](C)OC(=O)c2cccnc2)c(=O)n(-c2ccccc2)n1C. The average Bonchev–Trinajstić information content (AvgIpc) is 2.92. The summed E-state index contributed by atoms with van der Waals surface area (Å²) in [5.74, 6) is -1.26. The molecule has 0 aliphatic heterocycles. The third-order valence-electron chi connectivity index (χ3n) is 4.35. The fraction of sp³-hybridized carbons (Fsp3) is 0.200. The van der Waals surface area contributed by atoms with Gasteiger partial charge in [0.1, 0.15) is 5.69 Å². The van der Waals surface area contributed by atoms with Crippen molar-refractivity contribution < 1.29 is 14.3 Å². The molecular formula is C20H20N4O4. The zero-order valence-electron chi connectivity index (χ0n) is 15.7. The van der Waals surface area contributed by atoms with Crippen LogP contribution in [0, 0.1) is 6.92 Å². The van der Waals surface area contributed by atoms with Crippen LogP contribution >= 0.6 is 0 Å². The molecule has 1 amide bonds. The van der Waals surface area contributed by atoms with Gasteiger partial charge < -0.3 is 10.1 Å². The van der Waals surface area contributed by atoms with E-state index in [1.54, 1.807) is 42.9 Å². The summed E-state index contributed by atoms with van der Waals surface area (Å²) >= 11 is 0. The second-order valence-corrected chi connectivity index (χ2v) is 6.22. The Kier molecular flexibility index (Phi) is 5.39. The Hall–Kier alpha value is -3.68. The molecule has 1 aromatic carbocycles. The van der Waals surface area contributed by atoms with E-state index < -0.39 is 18.0 Å². The number of ether oxygens (including phenoxy) is 1. The van der Waals surface area contributed by atoms with Crippen molar-refractivity contribution in [2.45, 2.75) is 20.0 Å². The van der Waals surface area contributed by atoms with E-state index in [4.69, 9.17) is 4.74 Å². The van der Waals surface area contributed by atoms with Gasteiger partial charge in [0.15, 0.2) is 6.10 Å². The fourth-order valence-corrected chi connectivity index (χ4v) is 2.70. The number of nitrogens with one attached hydrogen (secondary N) is 1. The minimum atomic E-state index is -1.09. The first-order chi connectivity index (χ1) is 13.4. The molecule has 144 valence electrons. The smallest absolute Gasteiger partial charge is 0.340 e. The van der Waals surface area contributed by atoms with E-state index in [1.807, 2.05) is 18.2 Å². The maximum Gasteiger partial charge on any atom is 0.340 e. The highest BCUT2D eigenvalue weighted by atomic mass is 16.5. The number of aromatic nitrogens is 3. The number of amides is 1. The first kappa shape index (κ1) is 19.1. The zero-order chi connectivity index (χ0) is 20.3. The zero-order valence-corrected chi connectivity index (χ0v) is 15.7. The Morgan fingerprint density at radius 1 is 1.14 bits per heavy atom. The number of hydrogen-bond acceptors (Lipinski definition) is 5. The molecule has 2 heterocycles. The minimum Gasteiger partial charge on any atom is -0.449 e. The quantitative estimate of drug-likeness (QED) is 0.684. The number of anilines is 1. The molecule has 0 aliphatic rings. The van der Waals surface area contributed by atoms with E-state index in [9.17, 15) is 14.4 Å². The van der Waals surface area contributed by atoms with Crippen molar-refractivity contribution >= 4 is 17.6 Å². The van der Waals surface area contributed by atoms with E-state index >= 15 is 0 Å². The molecule has 0 saturated heterocycles. The number of para-hydroxylation sites is 1. The van der Waals surface area contributed by atoms with Crippen LogP contribution < -0.4 is 10.9 Å². The van der Waals surface area contributed by atoms with E-state index in [0.717, 1.165) is 0 Å². The first-order valence-electron chi connectivity index (χ1n) is 8.66. The largest absolute Gasteiger partial charge is 0.449 e. The Labute approximate surface area is 161 Å². The summed E-state index contributed by atoms with van der Waals surface area (Å²) < 4.78 is 8.27. The summed E-state index contributed by atoms with van der Waals surface area (Å²) in [5.41, 5.74) is 1.26. The van der Waals surface area contributed by atoms with Gasteiger partial charge in [-0.1, -0.05) is 18.2 Å². The highest BCUT2D eigenvalue weighted by Gasteiger charge is 2.23. The number of nitrogens with zero attached hydrogens (tertiary/aromatic N) is 3. The van der Waals surface area contributed by atoms with E-state index in [1.165, 1.54) is 24.0 Å². The molecule has 0 bridgehead atoms. The summed E-state index contributed by atoms with van der Waals surface area (Å²) in [6, 6.07) is 12.2. The molecule has 1 N–H and O–H groups in total. The van der Waals surface area contributed by atoms with Crippen molar-refractivity contribution in [1.82, 2.24) is 14.3 Å². The predicted molar refractivity (Wildman–Crippen MR) is 103 cm³/mol. The summed E-state index contributed by atoms with van der Waals surface area (Å²) in [4.78, 5) is 41.2. The van der Waals surface area contributed by atoms with Crippen LogP contribution in [0.1, 0.15) is 23.0 Å². The number of carbonyl (C=O) groups excluding carboxylic acids is 2. The van der Waals surface area contributed by atoms with Gasteiger partial charge in [-0.3, -0.25) is 19.3 Å². The lowest BCUT2D eigenvalue weighted by Gasteiger charge is -2.12. The first-order valence-corrected chi connectivity index (χ1v) is 8.66. The van der Waals surface area contributed by atoms with E-state index in [-0.39, 0.29) is 16.8 Å². The van der Waals surface area contributed by atoms with Crippen molar-refractivity contribution in [3.8, 4) is 5.69 Å². The van der Waals surface area contributed by atoms with Crippen LogP contribution in [-0.2, 0) is 16.6 Å². The van der Waals surface area contributed by atoms with Crippen LogP contribution in [0.25, 0.3) is 5.69 Å². The number of benzene rings is 1. The average molecular weight is 380 g/mol. The number of esters is 1. The van der Waals surface area contributed by atoms with E-state index in [0.29, 0.717) is 11.4 Å². The number of pyridine rings is 1. The molecular weight excluding hydrogens is 360 g/mol. The van der Waals surface area contributed by atoms with Crippen LogP contribution in [0.2, 0.25) is 0 Å². The number of hydrogen-bond donors (Lipinski definition) is 1.